The molecule has 0 aromatic heterocycles. The maximum Gasteiger partial charge on any atom is 0.331 e. The number of hydrogen-bond donors (Lipinski definition) is 6. The van der Waals surface area contributed by atoms with Gasteiger partial charge in [0.1, 0.15) is 36.3 Å². The molecule has 1 saturated heterocycles. The molecule has 15 nitrogen and oxygen atoms in total. The van der Waals surface area contributed by atoms with E-state index in [1.165, 1.54) is 24.5 Å². The maximum atomic E-state index is 12.7. The SMILES string of the molecule is CC(=O)OC[C@]1(O)[C@H]2[C@H](OC(=O)CC(C)C)OC=C(CO[C@@H]3O[C@H](CO)[C@@H](O)[C@H](O)[C@H]3OC(=O)/C=C\c3ccc(O)cc3)[C@H]2C[C@@H]1O. The summed E-state index contributed by atoms with van der Waals surface area (Å²) in [6, 6.07) is 5.95. The zero-order valence-electron chi connectivity index (χ0n) is 26.2. The van der Waals surface area contributed by atoms with Crippen molar-refractivity contribution in [2.24, 2.45) is 17.8 Å². The molecule has 1 saturated carbocycles. The summed E-state index contributed by atoms with van der Waals surface area (Å²) in [5.41, 5.74) is -1.15. The monoisotopic (exact) mass is 666 g/mol. The number of rotatable bonds is 12. The van der Waals surface area contributed by atoms with E-state index in [1.54, 1.807) is 12.1 Å². The van der Waals surface area contributed by atoms with Crippen LogP contribution >= 0.6 is 0 Å². The highest BCUT2D eigenvalue weighted by atomic mass is 16.7. The van der Waals surface area contributed by atoms with Crippen LogP contribution in [-0.2, 0) is 42.8 Å². The van der Waals surface area contributed by atoms with E-state index in [0.29, 0.717) is 11.1 Å². The number of carbonyl (C=O) groups excluding carboxylic acids is 3. The molecular formula is C32H42O15. The zero-order chi connectivity index (χ0) is 34.5. The van der Waals surface area contributed by atoms with Gasteiger partial charge in [-0.05, 0) is 41.7 Å². The molecule has 47 heavy (non-hydrogen) atoms. The van der Waals surface area contributed by atoms with E-state index < -0.39 is 91.7 Å². The Bertz CT molecular complexity index is 1310. The number of aromatic hydroxyl groups is 1. The average Bonchev–Trinajstić information content (AvgIpc) is 3.28. The number of phenols is 1. The number of benzene rings is 1. The highest BCUT2D eigenvalue weighted by Crippen LogP contribution is 2.49. The van der Waals surface area contributed by atoms with Gasteiger partial charge in [0.15, 0.2) is 12.4 Å². The van der Waals surface area contributed by atoms with Crippen LogP contribution in [0, 0.1) is 17.8 Å². The first-order chi connectivity index (χ1) is 22.2. The topological polar surface area (TPSA) is 228 Å². The third-order valence-corrected chi connectivity index (χ3v) is 8.31. The number of ether oxygens (including phenoxy) is 6. The van der Waals surface area contributed by atoms with E-state index in [2.05, 4.69) is 0 Å². The van der Waals surface area contributed by atoms with Gasteiger partial charge in [-0.2, -0.15) is 0 Å². The summed E-state index contributed by atoms with van der Waals surface area (Å²) in [6.45, 7) is 3.13. The minimum Gasteiger partial charge on any atom is -0.508 e. The number of aliphatic hydroxyl groups excluding tert-OH is 4. The molecule has 0 bridgehead atoms. The number of esters is 3. The van der Waals surface area contributed by atoms with Crippen LogP contribution in [0.5, 0.6) is 5.75 Å². The van der Waals surface area contributed by atoms with Crippen molar-refractivity contribution >= 4 is 24.0 Å². The number of carbonyl (C=O) groups is 3. The van der Waals surface area contributed by atoms with Gasteiger partial charge in [-0.25, -0.2) is 4.79 Å². The van der Waals surface area contributed by atoms with Crippen LogP contribution in [0.4, 0.5) is 0 Å². The lowest BCUT2D eigenvalue weighted by Crippen LogP contribution is -2.60. The first-order valence-electron chi connectivity index (χ1n) is 15.2. The van der Waals surface area contributed by atoms with E-state index in [4.69, 9.17) is 28.4 Å². The Balaban J connectivity index is 1.53. The predicted octanol–water partition coefficient (Wildman–Crippen LogP) is -0.106. The highest BCUT2D eigenvalue weighted by Gasteiger charge is 2.61. The van der Waals surface area contributed by atoms with Crippen molar-refractivity contribution in [1.29, 1.82) is 0 Å². The molecule has 2 aliphatic heterocycles. The first-order valence-corrected chi connectivity index (χ1v) is 15.2. The number of fused-ring (bicyclic) bond motifs is 1. The Kier molecular flexibility index (Phi) is 12.0. The van der Waals surface area contributed by atoms with E-state index in [0.717, 1.165) is 13.0 Å². The molecule has 0 unspecified atom stereocenters. The molecule has 10 atom stereocenters. The van der Waals surface area contributed by atoms with Crippen LogP contribution < -0.4 is 0 Å². The second-order valence-corrected chi connectivity index (χ2v) is 12.3. The standard InChI is InChI=1S/C32H42O15/c1-16(2)10-25(38)47-30-26-21(11-23(36)32(26,41)15-44-17(3)34)19(13-42-30)14-43-31-29(28(40)27(39)22(12-33)45-31)46-24(37)9-6-18-4-7-20(35)8-5-18/h4-9,13,16,21-23,26-31,33,35-36,39-41H,10-12,14-15H2,1-3H3/b9-6-/t21-,22-,23+,26-,27-,28+,29-,30+,31-,32-/m1/s1. The molecule has 2 heterocycles. The van der Waals surface area contributed by atoms with Gasteiger partial charge in [0, 0.05) is 25.3 Å². The molecular weight excluding hydrogens is 624 g/mol. The van der Waals surface area contributed by atoms with Crippen LogP contribution in [0.1, 0.15) is 39.2 Å². The van der Waals surface area contributed by atoms with Crippen molar-refractivity contribution < 1.29 is 73.4 Å². The van der Waals surface area contributed by atoms with Gasteiger partial charge in [0.2, 0.25) is 6.29 Å². The second kappa shape index (κ2) is 15.6. The minimum atomic E-state index is -2.07. The maximum absolute atomic E-state index is 12.7. The third kappa shape index (κ3) is 8.67. The van der Waals surface area contributed by atoms with E-state index in [9.17, 15) is 45.0 Å². The largest absolute Gasteiger partial charge is 0.508 e. The molecule has 4 rings (SSSR count). The first kappa shape index (κ1) is 36.3. The summed E-state index contributed by atoms with van der Waals surface area (Å²) in [4.78, 5) is 36.8. The van der Waals surface area contributed by atoms with Crippen molar-refractivity contribution in [1.82, 2.24) is 0 Å². The summed E-state index contributed by atoms with van der Waals surface area (Å²) in [5.74, 6) is -4.05. The fourth-order valence-corrected chi connectivity index (χ4v) is 5.88. The van der Waals surface area contributed by atoms with E-state index >= 15 is 0 Å². The Morgan fingerprint density at radius 2 is 1.77 bits per heavy atom. The zero-order valence-corrected chi connectivity index (χ0v) is 26.2. The Morgan fingerprint density at radius 1 is 1.06 bits per heavy atom. The molecule has 3 aliphatic rings. The summed E-state index contributed by atoms with van der Waals surface area (Å²) < 4.78 is 33.3. The van der Waals surface area contributed by atoms with Crippen molar-refractivity contribution in [2.45, 2.75) is 82.3 Å². The smallest absolute Gasteiger partial charge is 0.331 e. The molecule has 15 heteroatoms. The van der Waals surface area contributed by atoms with Crippen LogP contribution in [0.3, 0.4) is 0 Å². The Labute approximate surface area is 270 Å². The lowest BCUT2D eigenvalue weighted by Gasteiger charge is -2.42. The summed E-state index contributed by atoms with van der Waals surface area (Å²) in [7, 11) is 0. The molecule has 2 fully saturated rings. The summed E-state index contributed by atoms with van der Waals surface area (Å²) >= 11 is 0. The summed E-state index contributed by atoms with van der Waals surface area (Å²) in [6.07, 6.45) is -6.80. The minimum absolute atomic E-state index is 0.0343. The molecule has 6 N–H and O–H groups in total. The number of hydrogen-bond acceptors (Lipinski definition) is 15. The molecule has 260 valence electrons. The van der Waals surface area contributed by atoms with Crippen molar-refractivity contribution in [3.8, 4) is 5.75 Å². The van der Waals surface area contributed by atoms with Crippen molar-refractivity contribution in [3.63, 3.8) is 0 Å². The second-order valence-electron chi connectivity index (χ2n) is 12.3. The van der Waals surface area contributed by atoms with Crippen LogP contribution in [-0.4, -0.2) is 117 Å². The van der Waals surface area contributed by atoms with Gasteiger partial charge in [0.05, 0.1) is 31.5 Å². The fourth-order valence-electron chi connectivity index (χ4n) is 5.88. The lowest BCUT2D eigenvalue weighted by atomic mass is 9.80. The average molecular weight is 667 g/mol. The summed E-state index contributed by atoms with van der Waals surface area (Å²) in [5, 5.41) is 62.9. The quantitative estimate of drug-likeness (QED) is 0.0972. The van der Waals surface area contributed by atoms with Crippen molar-refractivity contribution in [3.05, 3.63) is 47.7 Å². The lowest BCUT2D eigenvalue weighted by molar-refractivity contribution is -0.302. The van der Waals surface area contributed by atoms with Crippen LogP contribution in [0.25, 0.3) is 6.08 Å². The van der Waals surface area contributed by atoms with Gasteiger partial charge >= 0.3 is 17.9 Å². The third-order valence-electron chi connectivity index (χ3n) is 8.31. The van der Waals surface area contributed by atoms with Gasteiger partial charge in [-0.15, -0.1) is 0 Å². The Hall–Kier alpha value is -3.57. The molecule has 1 aromatic carbocycles. The molecule has 0 radical (unpaired) electrons. The molecule has 1 aromatic rings. The van der Waals surface area contributed by atoms with E-state index in [1.807, 2.05) is 13.8 Å². The normalized spacial score (nSPS) is 33.6. The Morgan fingerprint density at radius 3 is 2.40 bits per heavy atom. The van der Waals surface area contributed by atoms with Gasteiger partial charge in [-0.1, -0.05) is 26.0 Å². The van der Waals surface area contributed by atoms with Crippen LogP contribution in [0.15, 0.2) is 42.2 Å². The fraction of sp³-hybridized carbons (Fsp3) is 0.594. The van der Waals surface area contributed by atoms with Gasteiger partial charge in [-0.3, -0.25) is 9.59 Å². The number of aliphatic hydroxyl groups is 5. The van der Waals surface area contributed by atoms with Gasteiger partial charge < -0.3 is 59.1 Å². The highest BCUT2D eigenvalue weighted by molar-refractivity contribution is 5.87. The molecule has 0 spiro atoms. The molecule has 0 amide bonds. The van der Waals surface area contributed by atoms with Gasteiger partial charge in [0.25, 0.3) is 0 Å². The van der Waals surface area contributed by atoms with Crippen LogP contribution in [0.2, 0.25) is 0 Å². The predicted molar refractivity (Wildman–Crippen MR) is 158 cm³/mol. The van der Waals surface area contributed by atoms with E-state index in [-0.39, 0.29) is 31.1 Å². The molecule has 1 aliphatic carbocycles. The van der Waals surface area contributed by atoms with Crippen molar-refractivity contribution in [2.75, 3.05) is 19.8 Å². The number of phenolic OH excluding ortho intramolecular Hbond substituents is 1.